The monoisotopic (exact) mass is 472 g/mol. The van der Waals surface area contributed by atoms with Gasteiger partial charge in [-0.25, -0.2) is 14.4 Å². The number of nitriles is 1. The number of nitrogens with one attached hydrogen (secondary N) is 2. The Morgan fingerprint density at radius 2 is 1.79 bits per heavy atom. The number of anilines is 3. The molecule has 33 heavy (non-hydrogen) atoms. The van der Waals surface area contributed by atoms with E-state index in [2.05, 4.69) is 25.6 Å². The summed E-state index contributed by atoms with van der Waals surface area (Å²) >= 11 is 5.82. The molecule has 0 aliphatic heterocycles. The lowest BCUT2D eigenvalue weighted by atomic mass is 10.0. The van der Waals surface area contributed by atoms with Crippen LogP contribution in [0.3, 0.4) is 0 Å². The second-order valence-corrected chi connectivity index (χ2v) is 7.34. The second-order valence-electron chi connectivity index (χ2n) is 6.93. The Balaban J connectivity index is 1.86. The zero-order valence-electron chi connectivity index (χ0n) is 16.6. The highest BCUT2D eigenvalue weighted by atomic mass is 35.5. The SMILES string of the molecule is N#Cc1cnc2c(C(F)(F)F)cc(NCc3cncnc3)cc2c1Nc1ccc(F)c(Cl)c1. The molecular weight excluding hydrogens is 460 g/mol. The Labute approximate surface area is 189 Å². The lowest BCUT2D eigenvalue weighted by Gasteiger charge is -2.17. The maximum atomic E-state index is 13.9. The van der Waals surface area contributed by atoms with Crippen molar-refractivity contribution in [2.75, 3.05) is 10.6 Å². The van der Waals surface area contributed by atoms with Crippen molar-refractivity contribution in [1.82, 2.24) is 15.0 Å². The first-order chi connectivity index (χ1) is 15.8. The smallest absolute Gasteiger partial charge is 0.381 e. The zero-order chi connectivity index (χ0) is 23.6. The van der Waals surface area contributed by atoms with E-state index in [4.69, 9.17) is 11.6 Å². The maximum Gasteiger partial charge on any atom is 0.418 e. The third-order valence-corrected chi connectivity index (χ3v) is 4.99. The summed E-state index contributed by atoms with van der Waals surface area (Å²) in [6.45, 7) is 0.172. The predicted octanol–water partition coefficient (Wildman–Crippen LogP) is 6.06. The van der Waals surface area contributed by atoms with Crippen LogP contribution >= 0.6 is 11.6 Å². The fraction of sp³-hybridized carbons (Fsp3) is 0.0909. The summed E-state index contributed by atoms with van der Waals surface area (Å²) in [6, 6.07) is 8.06. The van der Waals surface area contributed by atoms with Gasteiger partial charge in [0.05, 0.1) is 27.4 Å². The molecule has 4 rings (SSSR count). The molecule has 0 atom stereocenters. The third kappa shape index (κ3) is 4.78. The molecule has 2 N–H and O–H groups in total. The highest BCUT2D eigenvalue weighted by Crippen LogP contribution is 2.40. The van der Waals surface area contributed by atoms with Crippen molar-refractivity contribution in [2.45, 2.75) is 12.7 Å². The number of aromatic nitrogens is 3. The molecular formula is C22H13ClF4N6. The summed E-state index contributed by atoms with van der Waals surface area (Å²) < 4.78 is 55.1. The standard InChI is InChI=1S/C22H13ClF4N6/c23-18-5-14(1-2-19(18)24)33-20-13(6-28)10-32-21-16(20)3-15(4-17(21)22(25,26)27)31-9-12-7-29-11-30-8-12/h1-5,7-8,10-11,31H,9H2,(H,32,33). The number of nitrogens with zero attached hydrogens (tertiary/aromatic N) is 4. The largest absolute Gasteiger partial charge is 0.418 e. The van der Waals surface area contributed by atoms with Gasteiger partial charge < -0.3 is 10.6 Å². The number of halogens is 5. The maximum absolute atomic E-state index is 13.9. The van der Waals surface area contributed by atoms with Crippen LogP contribution in [0.15, 0.2) is 55.2 Å². The highest BCUT2D eigenvalue weighted by molar-refractivity contribution is 6.31. The topological polar surface area (TPSA) is 86.5 Å². The Morgan fingerprint density at radius 1 is 1.03 bits per heavy atom. The van der Waals surface area contributed by atoms with Gasteiger partial charge in [0.1, 0.15) is 18.2 Å². The van der Waals surface area contributed by atoms with E-state index in [1.807, 2.05) is 6.07 Å². The minimum atomic E-state index is -4.70. The van der Waals surface area contributed by atoms with Crippen LogP contribution in [-0.2, 0) is 12.7 Å². The minimum Gasteiger partial charge on any atom is -0.381 e. The predicted molar refractivity (Wildman–Crippen MR) is 116 cm³/mol. The summed E-state index contributed by atoms with van der Waals surface area (Å²) in [5.74, 6) is -0.655. The Hall–Kier alpha value is -3.97. The molecule has 2 heterocycles. The van der Waals surface area contributed by atoms with Crippen molar-refractivity contribution in [1.29, 1.82) is 5.26 Å². The van der Waals surface area contributed by atoms with Crippen LogP contribution in [0.5, 0.6) is 0 Å². The number of benzene rings is 2. The molecule has 6 nitrogen and oxygen atoms in total. The first-order valence-corrected chi connectivity index (χ1v) is 9.78. The fourth-order valence-electron chi connectivity index (χ4n) is 3.18. The van der Waals surface area contributed by atoms with Crippen molar-refractivity contribution in [3.8, 4) is 6.07 Å². The normalized spacial score (nSPS) is 11.3. The molecule has 0 saturated carbocycles. The molecule has 0 fully saturated rings. The molecule has 2 aromatic carbocycles. The molecule has 11 heteroatoms. The van der Waals surface area contributed by atoms with Crippen molar-refractivity contribution < 1.29 is 17.6 Å². The molecule has 0 radical (unpaired) electrons. The van der Waals surface area contributed by atoms with E-state index in [-0.39, 0.29) is 39.4 Å². The molecule has 2 aromatic heterocycles. The van der Waals surface area contributed by atoms with Gasteiger partial charge in [0.25, 0.3) is 0 Å². The Morgan fingerprint density at radius 3 is 2.45 bits per heavy atom. The van der Waals surface area contributed by atoms with E-state index in [1.165, 1.54) is 36.9 Å². The quantitative estimate of drug-likeness (QED) is 0.343. The summed E-state index contributed by atoms with van der Waals surface area (Å²) in [5.41, 5.74) is -0.127. The summed E-state index contributed by atoms with van der Waals surface area (Å²) in [4.78, 5) is 11.6. The number of pyridine rings is 1. The van der Waals surface area contributed by atoms with Gasteiger partial charge in [0.2, 0.25) is 0 Å². The average molecular weight is 473 g/mol. The lowest BCUT2D eigenvalue weighted by molar-refractivity contribution is -0.136. The van der Waals surface area contributed by atoms with Gasteiger partial charge in [0, 0.05) is 47.5 Å². The van der Waals surface area contributed by atoms with Crippen molar-refractivity contribution >= 4 is 39.6 Å². The van der Waals surface area contributed by atoms with Crippen LogP contribution in [0.4, 0.5) is 34.6 Å². The first kappa shape index (κ1) is 22.2. The zero-order valence-corrected chi connectivity index (χ0v) is 17.3. The Bertz CT molecular complexity index is 1370. The second kappa shape index (κ2) is 8.88. The molecule has 0 saturated heterocycles. The highest BCUT2D eigenvalue weighted by Gasteiger charge is 2.34. The van der Waals surface area contributed by atoms with Crippen LogP contribution in [0, 0.1) is 17.1 Å². The van der Waals surface area contributed by atoms with Crippen LogP contribution in [0.2, 0.25) is 5.02 Å². The van der Waals surface area contributed by atoms with E-state index in [0.717, 1.165) is 18.3 Å². The van der Waals surface area contributed by atoms with Gasteiger partial charge in [0.15, 0.2) is 0 Å². The molecule has 0 unspecified atom stereocenters. The summed E-state index contributed by atoms with van der Waals surface area (Å²) in [6.07, 6.45) is 0.761. The van der Waals surface area contributed by atoms with E-state index in [1.54, 1.807) is 0 Å². The molecule has 0 spiro atoms. The minimum absolute atomic E-state index is 0.00433. The first-order valence-electron chi connectivity index (χ1n) is 9.40. The molecule has 0 bridgehead atoms. The third-order valence-electron chi connectivity index (χ3n) is 4.70. The van der Waals surface area contributed by atoms with Crippen LogP contribution in [-0.4, -0.2) is 15.0 Å². The number of hydrogen-bond donors (Lipinski definition) is 2. The average Bonchev–Trinajstić information content (AvgIpc) is 2.80. The molecule has 0 amide bonds. The van der Waals surface area contributed by atoms with Gasteiger partial charge in [-0.2, -0.15) is 18.4 Å². The van der Waals surface area contributed by atoms with E-state index < -0.39 is 17.6 Å². The summed E-state index contributed by atoms with van der Waals surface area (Å²) in [5, 5.41) is 15.2. The van der Waals surface area contributed by atoms with Crippen LogP contribution in [0.25, 0.3) is 10.9 Å². The van der Waals surface area contributed by atoms with Gasteiger partial charge in [-0.15, -0.1) is 0 Å². The van der Waals surface area contributed by atoms with E-state index >= 15 is 0 Å². The molecule has 0 aliphatic rings. The number of alkyl halides is 3. The van der Waals surface area contributed by atoms with Gasteiger partial charge >= 0.3 is 6.18 Å². The lowest BCUT2D eigenvalue weighted by Crippen LogP contribution is -2.10. The van der Waals surface area contributed by atoms with Crippen LogP contribution < -0.4 is 10.6 Å². The van der Waals surface area contributed by atoms with E-state index in [9.17, 15) is 22.8 Å². The van der Waals surface area contributed by atoms with Gasteiger partial charge in [-0.05, 0) is 30.3 Å². The van der Waals surface area contributed by atoms with E-state index in [0.29, 0.717) is 11.3 Å². The number of fused-ring (bicyclic) bond motifs is 1. The number of hydrogen-bond acceptors (Lipinski definition) is 6. The van der Waals surface area contributed by atoms with Crippen molar-refractivity contribution in [3.05, 3.63) is 82.8 Å². The molecule has 166 valence electrons. The van der Waals surface area contributed by atoms with Crippen molar-refractivity contribution in [3.63, 3.8) is 0 Å². The molecule has 4 aromatic rings. The van der Waals surface area contributed by atoms with Gasteiger partial charge in [-0.3, -0.25) is 4.98 Å². The summed E-state index contributed by atoms with van der Waals surface area (Å²) in [7, 11) is 0. The molecule has 0 aliphatic carbocycles. The van der Waals surface area contributed by atoms with Gasteiger partial charge in [-0.1, -0.05) is 11.6 Å². The van der Waals surface area contributed by atoms with Crippen LogP contribution in [0.1, 0.15) is 16.7 Å². The number of rotatable bonds is 5. The fourth-order valence-corrected chi connectivity index (χ4v) is 3.36. The Kier molecular flexibility index (Phi) is 5.98. The van der Waals surface area contributed by atoms with Crippen molar-refractivity contribution in [2.24, 2.45) is 0 Å².